The summed E-state index contributed by atoms with van der Waals surface area (Å²) in [4.78, 5) is 20.1. The fourth-order valence-corrected chi connectivity index (χ4v) is 3.37. The van der Waals surface area contributed by atoms with Gasteiger partial charge in [-0.05, 0) is 23.8 Å². The van der Waals surface area contributed by atoms with Crippen LogP contribution in [-0.2, 0) is 6.54 Å². The fourth-order valence-electron chi connectivity index (χ4n) is 3.20. The third-order valence-corrected chi connectivity index (χ3v) is 4.71. The molecular weight excluding hydrogens is 336 g/mol. The van der Waals surface area contributed by atoms with Gasteiger partial charge in [0, 0.05) is 31.2 Å². The second-order valence-electron chi connectivity index (χ2n) is 6.19. The summed E-state index contributed by atoms with van der Waals surface area (Å²) >= 11 is 6.10. The van der Waals surface area contributed by atoms with E-state index < -0.39 is 0 Å². The Hall–Kier alpha value is -2.37. The molecule has 1 N–H and O–H groups in total. The third-order valence-electron chi connectivity index (χ3n) is 4.48. The Morgan fingerprint density at radius 1 is 1.08 bits per heavy atom. The van der Waals surface area contributed by atoms with E-state index in [1.54, 1.807) is 16.7 Å². The molecule has 2 aromatic carbocycles. The first-order chi connectivity index (χ1) is 12.2. The van der Waals surface area contributed by atoms with Crippen LogP contribution >= 0.6 is 11.6 Å². The molecule has 0 aliphatic carbocycles. The van der Waals surface area contributed by atoms with Gasteiger partial charge in [-0.2, -0.15) is 0 Å². The minimum Gasteiger partial charge on any atom is -0.340 e. The van der Waals surface area contributed by atoms with E-state index in [1.165, 1.54) is 0 Å². The Morgan fingerprint density at radius 2 is 1.84 bits per heavy atom. The van der Waals surface area contributed by atoms with Crippen LogP contribution in [0.3, 0.4) is 0 Å². The molecule has 128 valence electrons. The Bertz CT molecular complexity index is 949. The molecule has 1 saturated heterocycles. The molecule has 1 aliphatic heterocycles. The summed E-state index contributed by atoms with van der Waals surface area (Å²) in [5, 5.41) is 4.44. The van der Waals surface area contributed by atoms with Crippen LogP contribution in [0.5, 0.6) is 0 Å². The molecule has 0 amide bonds. The van der Waals surface area contributed by atoms with Gasteiger partial charge >= 0.3 is 0 Å². The zero-order chi connectivity index (χ0) is 17.2. The largest absolute Gasteiger partial charge is 0.340 e. The summed E-state index contributed by atoms with van der Waals surface area (Å²) in [5.41, 5.74) is 1.71. The van der Waals surface area contributed by atoms with Crippen molar-refractivity contribution in [2.45, 2.75) is 6.54 Å². The van der Waals surface area contributed by atoms with E-state index >= 15 is 0 Å². The molecule has 2 heterocycles. The Kier molecular flexibility index (Phi) is 4.42. The fraction of sp³-hybridized carbons (Fsp3) is 0.263. The Labute approximate surface area is 150 Å². The lowest BCUT2D eigenvalue weighted by molar-refractivity contribution is 0.564. The van der Waals surface area contributed by atoms with Crippen LogP contribution in [0.25, 0.3) is 10.9 Å². The number of hydrogen-bond donors (Lipinski definition) is 1. The molecule has 0 spiro atoms. The molecule has 25 heavy (non-hydrogen) atoms. The summed E-state index contributed by atoms with van der Waals surface area (Å²) in [6, 6.07) is 15.3. The standard InChI is InChI=1S/C19H19ClN4O/c20-15-6-7-17-16(12-15)18(25)24(13-14-4-2-1-3-5-14)19(22-17)23-10-8-21-9-11-23/h1-7,12,21H,8-11,13H2. The highest BCUT2D eigenvalue weighted by Crippen LogP contribution is 2.20. The van der Waals surface area contributed by atoms with Gasteiger partial charge in [0.05, 0.1) is 17.4 Å². The highest BCUT2D eigenvalue weighted by atomic mass is 35.5. The number of benzene rings is 2. The van der Waals surface area contributed by atoms with Crippen molar-refractivity contribution in [2.75, 3.05) is 31.1 Å². The van der Waals surface area contributed by atoms with Crippen LogP contribution in [0.2, 0.25) is 5.02 Å². The van der Waals surface area contributed by atoms with Crippen molar-refractivity contribution >= 4 is 28.5 Å². The Morgan fingerprint density at radius 3 is 2.60 bits per heavy atom. The summed E-state index contributed by atoms with van der Waals surface area (Å²) in [5.74, 6) is 0.727. The van der Waals surface area contributed by atoms with Gasteiger partial charge in [0.25, 0.3) is 5.56 Å². The summed E-state index contributed by atoms with van der Waals surface area (Å²) in [6.07, 6.45) is 0. The van der Waals surface area contributed by atoms with Gasteiger partial charge in [-0.15, -0.1) is 0 Å². The predicted octanol–water partition coefficient (Wildman–Crippen LogP) is 2.51. The third kappa shape index (κ3) is 3.25. The van der Waals surface area contributed by atoms with Crippen LogP contribution in [-0.4, -0.2) is 35.7 Å². The summed E-state index contributed by atoms with van der Waals surface area (Å²) < 4.78 is 1.76. The number of hydrogen-bond acceptors (Lipinski definition) is 4. The molecule has 1 aliphatic rings. The topological polar surface area (TPSA) is 50.2 Å². The maximum atomic E-state index is 13.2. The van der Waals surface area contributed by atoms with Crippen LogP contribution < -0.4 is 15.8 Å². The average Bonchev–Trinajstić information content (AvgIpc) is 2.66. The van der Waals surface area contributed by atoms with E-state index in [9.17, 15) is 4.79 Å². The molecular formula is C19H19ClN4O. The van der Waals surface area contributed by atoms with Crippen LogP contribution in [0.1, 0.15) is 5.56 Å². The molecule has 6 heteroatoms. The van der Waals surface area contributed by atoms with Gasteiger partial charge in [-0.1, -0.05) is 41.9 Å². The molecule has 3 aromatic rings. The normalized spacial score (nSPS) is 14.8. The average molecular weight is 355 g/mol. The molecule has 1 fully saturated rings. The lowest BCUT2D eigenvalue weighted by Crippen LogP contribution is -2.46. The van der Waals surface area contributed by atoms with Gasteiger partial charge < -0.3 is 10.2 Å². The van der Waals surface area contributed by atoms with Crippen molar-refractivity contribution in [3.05, 3.63) is 69.5 Å². The highest BCUT2D eigenvalue weighted by molar-refractivity contribution is 6.31. The molecule has 1 aromatic heterocycles. The van der Waals surface area contributed by atoms with Crippen molar-refractivity contribution in [1.82, 2.24) is 14.9 Å². The predicted molar refractivity (Wildman–Crippen MR) is 102 cm³/mol. The SMILES string of the molecule is O=c1c2cc(Cl)ccc2nc(N2CCNCC2)n1Cc1ccccc1. The van der Waals surface area contributed by atoms with Crippen LogP contribution in [0, 0.1) is 0 Å². The Balaban J connectivity index is 1.89. The van der Waals surface area contributed by atoms with E-state index in [1.807, 2.05) is 36.4 Å². The van der Waals surface area contributed by atoms with Gasteiger partial charge in [-0.25, -0.2) is 4.98 Å². The van der Waals surface area contributed by atoms with Crippen molar-refractivity contribution in [3.63, 3.8) is 0 Å². The van der Waals surface area contributed by atoms with Crippen molar-refractivity contribution in [3.8, 4) is 0 Å². The van der Waals surface area contributed by atoms with E-state index in [0.29, 0.717) is 22.5 Å². The molecule has 0 bridgehead atoms. The quantitative estimate of drug-likeness (QED) is 0.785. The van der Waals surface area contributed by atoms with Gasteiger partial charge in [0.15, 0.2) is 0 Å². The smallest absolute Gasteiger partial charge is 0.263 e. The van der Waals surface area contributed by atoms with Gasteiger partial charge in [0.2, 0.25) is 5.95 Å². The number of rotatable bonds is 3. The minimum absolute atomic E-state index is 0.0510. The monoisotopic (exact) mass is 354 g/mol. The van der Waals surface area contributed by atoms with Crippen LogP contribution in [0.15, 0.2) is 53.3 Å². The van der Waals surface area contributed by atoms with E-state index in [0.717, 1.165) is 37.7 Å². The molecule has 0 unspecified atom stereocenters. The number of piperazine rings is 1. The lowest BCUT2D eigenvalue weighted by Gasteiger charge is -2.30. The second-order valence-corrected chi connectivity index (χ2v) is 6.62. The van der Waals surface area contributed by atoms with Crippen molar-refractivity contribution in [2.24, 2.45) is 0 Å². The maximum absolute atomic E-state index is 13.2. The second kappa shape index (κ2) is 6.86. The molecule has 0 radical (unpaired) electrons. The van der Waals surface area contributed by atoms with E-state index in [4.69, 9.17) is 16.6 Å². The number of halogens is 1. The number of anilines is 1. The number of nitrogens with one attached hydrogen (secondary N) is 1. The number of nitrogens with zero attached hydrogens (tertiary/aromatic N) is 3. The molecule has 0 saturated carbocycles. The first-order valence-electron chi connectivity index (χ1n) is 8.42. The lowest BCUT2D eigenvalue weighted by atomic mass is 10.2. The van der Waals surface area contributed by atoms with Crippen molar-refractivity contribution < 1.29 is 0 Å². The van der Waals surface area contributed by atoms with Crippen molar-refractivity contribution in [1.29, 1.82) is 0 Å². The zero-order valence-corrected chi connectivity index (χ0v) is 14.5. The summed E-state index contributed by atoms with van der Waals surface area (Å²) in [7, 11) is 0. The zero-order valence-electron chi connectivity index (χ0n) is 13.8. The number of aromatic nitrogens is 2. The molecule has 4 rings (SSSR count). The summed E-state index contributed by atoms with van der Waals surface area (Å²) in [6.45, 7) is 3.94. The van der Waals surface area contributed by atoms with Gasteiger partial charge in [-0.3, -0.25) is 9.36 Å². The van der Waals surface area contributed by atoms with E-state index in [-0.39, 0.29) is 5.56 Å². The van der Waals surface area contributed by atoms with Gasteiger partial charge in [0.1, 0.15) is 0 Å². The molecule has 5 nitrogen and oxygen atoms in total. The van der Waals surface area contributed by atoms with Crippen LogP contribution in [0.4, 0.5) is 5.95 Å². The minimum atomic E-state index is -0.0510. The van der Waals surface area contributed by atoms with E-state index in [2.05, 4.69) is 10.2 Å². The molecule has 0 atom stereocenters. The first-order valence-corrected chi connectivity index (χ1v) is 8.80. The number of fused-ring (bicyclic) bond motifs is 1. The highest BCUT2D eigenvalue weighted by Gasteiger charge is 2.19. The maximum Gasteiger partial charge on any atom is 0.263 e. The first kappa shape index (κ1) is 16.1.